The van der Waals surface area contributed by atoms with E-state index in [2.05, 4.69) is 198 Å². The standard InChI is InChI=1S/C52H33BN2O/c1-3-13-39(14-4-1)54-45-20-9-8-19-44(45)53-51-41(18-11-21-46(51)55(40-15-5-2-6-16-40)48-23-12-22-47(54)52(48)53)35-27-25-34(26-28-35)36-29-30-37-33-50-43(32-38(37)31-36)42-17-7-10-24-49(42)56-50/h1-33H. The zero-order valence-corrected chi connectivity index (χ0v) is 30.4. The Balaban J connectivity index is 1.03. The number of nitrogens with zero attached hydrogens (tertiary/aromatic N) is 2. The first-order chi connectivity index (χ1) is 27.8. The van der Waals surface area contributed by atoms with Crippen LogP contribution in [0.15, 0.2) is 205 Å². The summed E-state index contributed by atoms with van der Waals surface area (Å²) in [4.78, 5) is 4.91. The van der Waals surface area contributed by atoms with Gasteiger partial charge in [-0.05, 0) is 122 Å². The molecule has 0 saturated heterocycles. The monoisotopic (exact) mass is 712 g/mol. The van der Waals surface area contributed by atoms with Crippen molar-refractivity contribution in [2.24, 2.45) is 0 Å². The number of benzene rings is 9. The van der Waals surface area contributed by atoms with Crippen molar-refractivity contribution in [3.05, 3.63) is 200 Å². The van der Waals surface area contributed by atoms with Gasteiger partial charge >= 0.3 is 0 Å². The smallest absolute Gasteiger partial charge is 0.252 e. The molecule has 0 atom stereocenters. The van der Waals surface area contributed by atoms with Gasteiger partial charge in [-0.2, -0.15) is 0 Å². The van der Waals surface area contributed by atoms with Crippen molar-refractivity contribution in [1.29, 1.82) is 0 Å². The number of rotatable bonds is 4. The summed E-state index contributed by atoms with van der Waals surface area (Å²) in [5.41, 5.74) is 17.8. The van der Waals surface area contributed by atoms with E-state index >= 15 is 0 Å². The van der Waals surface area contributed by atoms with E-state index in [1.807, 2.05) is 12.1 Å². The van der Waals surface area contributed by atoms with Gasteiger partial charge in [0.15, 0.2) is 0 Å². The Morgan fingerprint density at radius 1 is 0.357 bits per heavy atom. The van der Waals surface area contributed by atoms with Gasteiger partial charge < -0.3 is 14.2 Å². The molecule has 0 N–H and O–H groups in total. The van der Waals surface area contributed by atoms with Crippen LogP contribution in [-0.4, -0.2) is 6.71 Å². The van der Waals surface area contributed by atoms with Crippen LogP contribution in [0.3, 0.4) is 0 Å². The van der Waals surface area contributed by atoms with E-state index < -0.39 is 0 Å². The first-order valence-corrected chi connectivity index (χ1v) is 19.3. The summed E-state index contributed by atoms with van der Waals surface area (Å²) in [7, 11) is 0. The van der Waals surface area contributed by atoms with Crippen molar-refractivity contribution in [3.63, 3.8) is 0 Å². The lowest BCUT2D eigenvalue weighted by molar-refractivity contribution is 0.669. The molecule has 4 heteroatoms. The van der Waals surface area contributed by atoms with E-state index in [1.54, 1.807) is 0 Å². The third kappa shape index (κ3) is 4.60. The summed E-state index contributed by atoms with van der Waals surface area (Å²) in [5.74, 6) is 0. The van der Waals surface area contributed by atoms with Gasteiger partial charge in [-0.15, -0.1) is 0 Å². The maximum absolute atomic E-state index is 6.19. The molecule has 0 radical (unpaired) electrons. The van der Waals surface area contributed by atoms with Crippen LogP contribution in [0.2, 0.25) is 0 Å². The van der Waals surface area contributed by atoms with Crippen LogP contribution >= 0.6 is 0 Å². The zero-order valence-electron chi connectivity index (χ0n) is 30.4. The molecule has 0 saturated carbocycles. The molecule has 0 bridgehead atoms. The van der Waals surface area contributed by atoms with E-state index in [-0.39, 0.29) is 6.71 Å². The fourth-order valence-corrected chi connectivity index (χ4v) is 9.38. The largest absolute Gasteiger partial charge is 0.456 e. The van der Waals surface area contributed by atoms with Crippen LogP contribution in [0, 0.1) is 0 Å². The van der Waals surface area contributed by atoms with E-state index in [4.69, 9.17) is 4.42 Å². The molecule has 0 aliphatic carbocycles. The molecular formula is C52H33BN2O. The van der Waals surface area contributed by atoms with Gasteiger partial charge in [0.25, 0.3) is 6.71 Å². The van der Waals surface area contributed by atoms with Crippen molar-refractivity contribution in [2.45, 2.75) is 0 Å². The van der Waals surface area contributed by atoms with Crippen LogP contribution in [0.25, 0.3) is 55.0 Å². The summed E-state index contributed by atoms with van der Waals surface area (Å²) in [6.07, 6.45) is 0. The Morgan fingerprint density at radius 2 is 0.946 bits per heavy atom. The normalized spacial score (nSPS) is 12.9. The first kappa shape index (κ1) is 31.1. The van der Waals surface area contributed by atoms with Crippen LogP contribution in [0.1, 0.15) is 0 Å². The Hall–Kier alpha value is -7.30. The summed E-state index contributed by atoms with van der Waals surface area (Å²) in [6.45, 7) is 0.0412. The molecule has 0 unspecified atom stereocenters. The SMILES string of the molecule is c1ccc(N2c3ccccc3B3c4c(-c5ccc(-c6ccc7cc8oc9ccccc9c8cc7c6)cc5)cccc4N(c4ccccc4)c4cccc2c43)cc1. The second kappa shape index (κ2) is 12.1. The number of furan rings is 1. The zero-order chi connectivity index (χ0) is 36.7. The molecule has 10 aromatic rings. The summed E-state index contributed by atoms with van der Waals surface area (Å²) >= 11 is 0. The molecule has 2 aliphatic heterocycles. The summed E-state index contributed by atoms with van der Waals surface area (Å²) in [6, 6.07) is 72.9. The topological polar surface area (TPSA) is 19.6 Å². The Morgan fingerprint density at radius 3 is 1.71 bits per heavy atom. The van der Waals surface area contributed by atoms with Crippen molar-refractivity contribution in [2.75, 3.05) is 9.80 Å². The number of para-hydroxylation sites is 4. The van der Waals surface area contributed by atoms with E-state index in [1.165, 1.54) is 72.2 Å². The fraction of sp³-hybridized carbons (Fsp3) is 0. The first-order valence-electron chi connectivity index (χ1n) is 19.3. The van der Waals surface area contributed by atoms with Crippen molar-refractivity contribution in [3.8, 4) is 22.3 Å². The van der Waals surface area contributed by atoms with Crippen molar-refractivity contribution < 1.29 is 4.42 Å². The van der Waals surface area contributed by atoms with Gasteiger partial charge in [0.2, 0.25) is 0 Å². The lowest BCUT2D eigenvalue weighted by atomic mass is 9.32. The van der Waals surface area contributed by atoms with Gasteiger partial charge in [0.1, 0.15) is 11.2 Å². The minimum absolute atomic E-state index is 0.0412. The highest BCUT2D eigenvalue weighted by molar-refractivity contribution is 7.01. The molecule has 1 aromatic heterocycles. The predicted octanol–water partition coefficient (Wildman–Crippen LogP) is 12.2. The van der Waals surface area contributed by atoms with Crippen molar-refractivity contribution >= 4 is 89.9 Å². The Labute approximate surface area is 325 Å². The third-order valence-electron chi connectivity index (χ3n) is 11.8. The maximum Gasteiger partial charge on any atom is 0.252 e. The average Bonchev–Trinajstić information content (AvgIpc) is 3.63. The van der Waals surface area contributed by atoms with Gasteiger partial charge in [0.05, 0.1) is 0 Å². The second-order valence-electron chi connectivity index (χ2n) is 14.9. The van der Waals surface area contributed by atoms with Crippen LogP contribution in [0.4, 0.5) is 34.1 Å². The van der Waals surface area contributed by atoms with Crippen LogP contribution in [-0.2, 0) is 0 Å². The van der Waals surface area contributed by atoms with Gasteiger partial charge in [-0.1, -0.05) is 127 Å². The number of fused-ring (bicyclic) bond motifs is 8. The van der Waals surface area contributed by atoms with Crippen LogP contribution in [0.5, 0.6) is 0 Å². The summed E-state index contributed by atoms with van der Waals surface area (Å²) < 4.78 is 6.19. The second-order valence-corrected chi connectivity index (χ2v) is 14.9. The number of hydrogen-bond donors (Lipinski definition) is 0. The minimum atomic E-state index is 0.0412. The van der Waals surface area contributed by atoms with E-state index in [0.29, 0.717) is 0 Å². The molecule has 0 fully saturated rings. The van der Waals surface area contributed by atoms with Gasteiger partial charge in [0, 0.05) is 44.9 Å². The van der Waals surface area contributed by atoms with Gasteiger partial charge in [-0.25, -0.2) is 0 Å². The highest BCUT2D eigenvalue weighted by atomic mass is 16.3. The molecule has 3 nitrogen and oxygen atoms in total. The molecule has 0 spiro atoms. The maximum atomic E-state index is 6.19. The molecule has 56 heavy (non-hydrogen) atoms. The molecule has 3 heterocycles. The minimum Gasteiger partial charge on any atom is -0.456 e. The molecule has 12 rings (SSSR count). The molecule has 0 amide bonds. The van der Waals surface area contributed by atoms with E-state index in [0.717, 1.165) is 33.3 Å². The van der Waals surface area contributed by atoms with Gasteiger partial charge in [-0.3, -0.25) is 0 Å². The van der Waals surface area contributed by atoms with E-state index in [9.17, 15) is 0 Å². The Kier molecular flexibility index (Phi) is 6.72. The third-order valence-corrected chi connectivity index (χ3v) is 11.8. The quantitative estimate of drug-likeness (QED) is 0.169. The molecule has 2 aliphatic rings. The lowest BCUT2D eigenvalue weighted by Gasteiger charge is -2.44. The highest BCUT2D eigenvalue weighted by Crippen LogP contribution is 2.45. The van der Waals surface area contributed by atoms with Crippen LogP contribution < -0.4 is 26.2 Å². The molecule has 9 aromatic carbocycles. The highest BCUT2D eigenvalue weighted by Gasteiger charge is 2.44. The molecule has 260 valence electrons. The number of anilines is 6. The Bertz CT molecular complexity index is 3140. The summed E-state index contributed by atoms with van der Waals surface area (Å²) in [5, 5.41) is 4.69. The average molecular weight is 713 g/mol. The number of hydrogen-bond acceptors (Lipinski definition) is 3. The predicted molar refractivity (Wildman–Crippen MR) is 236 cm³/mol. The fourth-order valence-electron chi connectivity index (χ4n) is 9.38. The molecular weight excluding hydrogens is 679 g/mol. The lowest BCUT2D eigenvalue weighted by Crippen LogP contribution is -2.61. The van der Waals surface area contributed by atoms with Crippen molar-refractivity contribution in [1.82, 2.24) is 0 Å².